The van der Waals surface area contributed by atoms with Crippen LogP contribution in [0.4, 0.5) is 4.39 Å². The van der Waals surface area contributed by atoms with E-state index < -0.39 is 28.6 Å². The molecule has 1 atom stereocenters. The molecule has 1 aromatic carbocycles. The Morgan fingerprint density at radius 2 is 1.89 bits per heavy atom. The molecule has 0 aliphatic carbocycles. The molecule has 9 heteroatoms. The minimum Gasteiger partial charge on any atom is -0.481 e. The Morgan fingerprint density at radius 1 is 1.19 bits per heavy atom. The summed E-state index contributed by atoms with van der Waals surface area (Å²) >= 11 is 0. The summed E-state index contributed by atoms with van der Waals surface area (Å²) in [6, 6.07) is 9.14. The molecule has 0 amide bonds. The minimum atomic E-state index is -4.10. The van der Waals surface area contributed by atoms with E-state index in [1.165, 1.54) is 19.2 Å². The molecule has 1 unspecified atom stereocenters. The van der Waals surface area contributed by atoms with Crippen LogP contribution < -0.4 is 4.74 Å². The first-order valence-corrected chi connectivity index (χ1v) is 9.36. The summed E-state index contributed by atoms with van der Waals surface area (Å²) in [7, 11) is -2.71. The zero-order valence-corrected chi connectivity index (χ0v) is 15.4. The monoisotopic (exact) mass is 392 g/mol. The van der Waals surface area contributed by atoms with Crippen LogP contribution in [0.25, 0.3) is 11.0 Å². The van der Waals surface area contributed by atoms with Gasteiger partial charge in [0.25, 0.3) is 10.1 Å². The van der Waals surface area contributed by atoms with E-state index >= 15 is 0 Å². The van der Waals surface area contributed by atoms with Crippen LogP contribution in [0, 0.1) is 12.7 Å². The van der Waals surface area contributed by atoms with Gasteiger partial charge in [-0.15, -0.1) is 0 Å². The van der Waals surface area contributed by atoms with Gasteiger partial charge in [-0.3, -0.25) is 9.17 Å². The number of aryl methyl sites for hydroxylation is 1. The number of nitrogens with zero attached hydrogens (tertiary/aromatic N) is 2. The second-order valence-corrected chi connectivity index (χ2v) is 7.42. The van der Waals surface area contributed by atoms with Crippen LogP contribution in [-0.2, 0) is 14.3 Å². The van der Waals surface area contributed by atoms with E-state index in [9.17, 15) is 17.9 Å². The van der Waals surface area contributed by atoms with Gasteiger partial charge in [0, 0.05) is 11.6 Å². The van der Waals surface area contributed by atoms with E-state index in [1.54, 1.807) is 24.3 Å². The van der Waals surface area contributed by atoms with Crippen molar-refractivity contribution >= 4 is 21.2 Å². The second kappa shape index (κ2) is 7.55. The maximum absolute atomic E-state index is 14.3. The molecule has 2 heterocycles. The third kappa shape index (κ3) is 4.05. The predicted octanol–water partition coefficient (Wildman–Crippen LogP) is 2.52. The van der Waals surface area contributed by atoms with Crippen molar-refractivity contribution in [1.29, 1.82) is 0 Å². The molecular formula is C18H17FN2O5S. The molecule has 0 aliphatic heterocycles. The van der Waals surface area contributed by atoms with Gasteiger partial charge in [-0.1, -0.05) is 17.7 Å². The Morgan fingerprint density at radius 3 is 2.56 bits per heavy atom. The molecule has 142 valence electrons. The molecule has 0 radical (unpaired) electrons. The van der Waals surface area contributed by atoms with Crippen molar-refractivity contribution in [2.75, 3.05) is 13.7 Å². The lowest BCUT2D eigenvalue weighted by Crippen LogP contribution is -2.15. The zero-order chi connectivity index (χ0) is 19.6. The van der Waals surface area contributed by atoms with E-state index in [0.29, 0.717) is 5.52 Å². The summed E-state index contributed by atoms with van der Waals surface area (Å²) < 4.78 is 48.7. The van der Waals surface area contributed by atoms with Gasteiger partial charge in [-0.25, -0.2) is 9.37 Å². The first kappa shape index (κ1) is 19.2. The molecule has 0 bridgehead atoms. The van der Waals surface area contributed by atoms with E-state index in [4.69, 9.17) is 8.92 Å². The van der Waals surface area contributed by atoms with E-state index in [1.807, 2.05) is 6.92 Å². The number of hydrogen-bond donors (Lipinski definition) is 1. The molecule has 0 saturated heterocycles. The number of rotatable bonds is 6. The Bertz CT molecular complexity index is 1070. The van der Waals surface area contributed by atoms with E-state index in [2.05, 4.69) is 9.97 Å². The minimum absolute atomic E-state index is 0.0554. The van der Waals surface area contributed by atoms with Crippen LogP contribution >= 0.6 is 0 Å². The number of hydrogen-bond acceptors (Lipinski definition) is 7. The van der Waals surface area contributed by atoms with Gasteiger partial charge in [0.05, 0.1) is 30.3 Å². The standard InChI is InChI=1S/C18H17FN2O5S/c1-11-3-5-12(6-4-11)27(23,24)26-10-15(22)17-13(19)9-20-14-7-8-16(25-2)21-18(14)17/h3-9,15,22H,10H2,1-2H3. The Balaban J connectivity index is 1.89. The molecule has 7 nitrogen and oxygen atoms in total. The van der Waals surface area contributed by atoms with Gasteiger partial charge in [-0.05, 0) is 25.1 Å². The van der Waals surface area contributed by atoms with Crippen LogP contribution in [0.3, 0.4) is 0 Å². The van der Waals surface area contributed by atoms with Crippen LogP contribution in [-0.4, -0.2) is 37.2 Å². The third-order valence-corrected chi connectivity index (χ3v) is 5.21. The van der Waals surface area contributed by atoms with E-state index in [-0.39, 0.29) is 21.9 Å². The number of ether oxygens (including phenoxy) is 1. The number of methoxy groups -OCH3 is 1. The fourth-order valence-corrected chi connectivity index (χ4v) is 3.40. The van der Waals surface area contributed by atoms with Crippen LogP contribution in [0.5, 0.6) is 5.88 Å². The van der Waals surface area contributed by atoms with Crippen molar-refractivity contribution in [2.24, 2.45) is 0 Å². The average Bonchev–Trinajstić information content (AvgIpc) is 2.66. The molecule has 3 rings (SSSR count). The summed E-state index contributed by atoms with van der Waals surface area (Å²) in [4.78, 5) is 7.94. The van der Waals surface area contributed by atoms with Crippen molar-refractivity contribution < 1.29 is 26.8 Å². The van der Waals surface area contributed by atoms with Crippen LogP contribution in [0.15, 0.2) is 47.5 Å². The van der Waals surface area contributed by atoms with Gasteiger partial charge < -0.3 is 9.84 Å². The number of benzene rings is 1. The van der Waals surface area contributed by atoms with Crippen molar-refractivity contribution in [3.8, 4) is 5.88 Å². The van der Waals surface area contributed by atoms with Crippen LogP contribution in [0.1, 0.15) is 17.2 Å². The van der Waals surface area contributed by atoms with Gasteiger partial charge in [0.2, 0.25) is 5.88 Å². The zero-order valence-electron chi connectivity index (χ0n) is 14.6. The Hall–Kier alpha value is -2.62. The highest BCUT2D eigenvalue weighted by atomic mass is 32.2. The summed E-state index contributed by atoms with van der Waals surface area (Å²) in [5.41, 5.74) is 1.07. The summed E-state index contributed by atoms with van der Waals surface area (Å²) in [5.74, 6) is -0.622. The predicted molar refractivity (Wildman–Crippen MR) is 95.3 cm³/mol. The molecule has 0 spiro atoms. The number of halogens is 1. The summed E-state index contributed by atoms with van der Waals surface area (Å²) in [6.45, 7) is 1.14. The number of aliphatic hydroxyl groups excluding tert-OH is 1. The lowest BCUT2D eigenvalue weighted by Gasteiger charge is -2.14. The average molecular weight is 392 g/mol. The maximum Gasteiger partial charge on any atom is 0.297 e. The van der Waals surface area contributed by atoms with E-state index in [0.717, 1.165) is 11.8 Å². The molecule has 1 N–H and O–H groups in total. The SMILES string of the molecule is COc1ccc2ncc(F)c(C(O)COS(=O)(=O)c3ccc(C)cc3)c2n1. The Labute approximate surface area is 155 Å². The highest BCUT2D eigenvalue weighted by molar-refractivity contribution is 7.86. The van der Waals surface area contributed by atoms with Gasteiger partial charge >= 0.3 is 0 Å². The Kier molecular flexibility index (Phi) is 5.36. The normalized spacial score (nSPS) is 12.9. The fourth-order valence-electron chi connectivity index (χ4n) is 2.49. The van der Waals surface area contributed by atoms with Crippen molar-refractivity contribution in [3.05, 3.63) is 59.5 Å². The van der Waals surface area contributed by atoms with Gasteiger partial charge in [-0.2, -0.15) is 8.42 Å². The molecule has 0 fully saturated rings. The molecule has 3 aromatic rings. The first-order chi connectivity index (χ1) is 12.8. The number of pyridine rings is 2. The van der Waals surface area contributed by atoms with Crippen molar-refractivity contribution in [1.82, 2.24) is 9.97 Å². The van der Waals surface area contributed by atoms with Crippen molar-refractivity contribution in [3.63, 3.8) is 0 Å². The summed E-state index contributed by atoms with van der Waals surface area (Å²) in [6.07, 6.45) is -0.640. The first-order valence-electron chi connectivity index (χ1n) is 7.95. The maximum atomic E-state index is 14.3. The highest BCUT2D eigenvalue weighted by Gasteiger charge is 2.23. The lowest BCUT2D eigenvalue weighted by molar-refractivity contribution is 0.109. The van der Waals surface area contributed by atoms with Crippen molar-refractivity contribution in [2.45, 2.75) is 17.9 Å². The molecule has 0 saturated carbocycles. The van der Waals surface area contributed by atoms with Crippen LogP contribution in [0.2, 0.25) is 0 Å². The number of fused-ring (bicyclic) bond motifs is 1. The largest absolute Gasteiger partial charge is 0.481 e. The second-order valence-electron chi connectivity index (χ2n) is 5.81. The quantitative estimate of drug-likeness (QED) is 0.644. The molecular weight excluding hydrogens is 375 g/mol. The smallest absolute Gasteiger partial charge is 0.297 e. The topological polar surface area (TPSA) is 98.6 Å². The molecule has 0 aliphatic rings. The number of aromatic nitrogens is 2. The lowest BCUT2D eigenvalue weighted by atomic mass is 10.1. The number of aliphatic hydroxyl groups is 1. The third-order valence-electron chi connectivity index (χ3n) is 3.91. The fraction of sp³-hybridized carbons (Fsp3) is 0.222. The molecule has 27 heavy (non-hydrogen) atoms. The molecule has 2 aromatic heterocycles. The summed E-state index contributed by atoms with van der Waals surface area (Å²) in [5, 5.41) is 10.4. The van der Waals surface area contributed by atoms with Gasteiger partial charge in [0.1, 0.15) is 17.4 Å². The highest BCUT2D eigenvalue weighted by Crippen LogP contribution is 2.27. The van der Waals surface area contributed by atoms with Gasteiger partial charge in [0.15, 0.2) is 0 Å².